The molecule has 0 aliphatic rings. The summed E-state index contributed by atoms with van der Waals surface area (Å²) in [4.78, 5) is 21.9. The maximum absolute atomic E-state index is 12.9. The number of amides is 1. The van der Waals surface area contributed by atoms with Gasteiger partial charge in [0.1, 0.15) is 5.75 Å². The fourth-order valence-corrected chi connectivity index (χ4v) is 4.15. The molecule has 0 aliphatic carbocycles. The molecule has 1 amide bonds. The molecule has 0 bridgehead atoms. The largest absolute Gasteiger partial charge is 0.482 e. The van der Waals surface area contributed by atoms with Crippen LogP contribution in [0.25, 0.3) is 0 Å². The zero-order chi connectivity index (χ0) is 25.8. The van der Waals surface area contributed by atoms with Gasteiger partial charge in [0, 0.05) is 23.5 Å². The minimum Gasteiger partial charge on any atom is -0.482 e. The maximum atomic E-state index is 12.9. The highest BCUT2D eigenvalue weighted by Gasteiger charge is 2.30. The first kappa shape index (κ1) is 25.8. The average Bonchev–Trinajstić information content (AvgIpc) is 2.77. The number of benzene rings is 3. The summed E-state index contributed by atoms with van der Waals surface area (Å²) in [6.45, 7) is -0.545. The van der Waals surface area contributed by atoms with E-state index in [1.54, 1.807) is 0 Å². The van der Waals surface area contributed by atoms with Crippen molar-refractivity contribution in [1.29, 1.82) is 0 Å². The van der Waals surface area contributed by atoms with Crippen molar-refractivity contribution in [3.63, 3.8) is 0 Å². The second-order valence-electron chi connectivity index (χ2n) is 6.92. The summed E-state index contributed by atoms with van der Waals surface area (Å²) in [6, 6.07) is 12.2. The Kier molecular flexibility index (Phi) is 7.51. The summed E-state index contributed by atoms with van der Waals surface area (Å²) in [5.41, 5.74) is -1.37. The zero-order valence-electron chi connectivity index (χ0n) is 17.4. The van der Waals surface area contributed by atoms with Crippen LogP contribution < -0.4 is 14.8 Å². The lowest BCUT2D eigenvalue weighted by Crippen LogP contribution is -2.20. The summed E-state index contributed by atoms with van der Waals surface area (Å²) in [7, 11) is -4.29. The number of carbonyl (C=O) groups is 1. The molecule has 35 heavy (non-hydrogen) atoms. The van der Waals surface area contributed by atoms with E-state index in [1.807, 2.05) is 4.72 Å². The number of nitro groups is 1. The molecule has 2 N–H and O–H groups in total. The average molecular weight is 530 g/mol. The number of carbonyl (C=O) groups excluding carboxylic acids is 1. The third-order valence-corrected chi connectivity index (χ3v) is 6.03. The number of nitrogens with one attached hydrogen (secondary N) is 2. The van der Waals surface area contributed by atoms with Crippen molar-refractivity contribution in [2.75, 3.05) is 16.6 Å². The van der Waals surface area contributed by atoms with Gasteiger partial charge in [-0.15, -0.1) is 0 Å². The van der Waals surface area contributed by atoms with Crippen molar-refractivity contribution in [3.8, 4) is 5.75 Å². The van der Waals surface area contributed by atoms with Gasteiger partial charge in [-0.3, -0.25) is 19.6 Å². The number of nitro benzene ring substituents is 1. The number of hydrogen-bond donors (Lipinski definition) is 2. The molecule has 0 spiro atoms. The molecule has 184 valence electrons. The molecule has 0 fully saturated rings. The van der Waals surface area contributed by atoms with Crippen LogP contribution >= 0.6 is 11.6 Å². The van der Waals surface area contributed by atoms with E-state index in [1.165, 1.54) is 24.3 Å². The molecular formula is C21H15ClF3N3O6S. The lowest BCUT2D eigenvalue weighted by molar-refractivity contribution is -0.384. The second-order valence-corrected chi connectivity index (χ2v) is 9.01. The lowest BCUT2D eigenvalue weighted by Gasteiger charge is -2.13. The summed E-state index contributed by atoms with van der Waals surface area (Å²) in [5.74, 6) is -0.705. The maximum Gasteiger partial charge on any atom is 0.416 e. The van der Waals surface area contributed by atoms with E-state index in [0.717, 1.165) is 36.4 Å². The Morgan fingerprint density at radius 3 is 2.37 bits per heavy atom. The number of halogens is 4. The first-order valence-corrected chi connectivity index (χ1v) is 11.4. The molecule has 3 aromatic rings. The van der Waals surface area contributed by atoms with Gasteiger partial charge in [-0.25, -0.2) is 8.42 Å². The summed E-state index contributed by atoms with van der Waals surface area (Å²) in [6.07, 6.45) is -4.65. The van der Waals surface area contributed by atoms with Crippen LogP contribution in [0, 0.1) is 10.1 Å². The highest BCUT2D eigenvalue weighted by molar-refractivity contribution is 7.92. The van der Waals surface area contributed by atoms with Crippen LogP contribution in [-0.2, 0) is 21.0 Å². The molecule has 0 saturated carbocycles. The van der Waals surface area contributed by atoms with E-state index < -0.39 is 39.2 Å². The Morgan fingerprint density at radius 2 is 1.71 bits per heavy atom. The van der Waals surface area contributed by atoms with Crippen molar-refractivity contribution in [1.82, 2.24) is 0 Å². The molecular weight excluding hydrogens is 515 g/mol. The van der Waals surface area contributed by atoms with E-state index in [4.69, 9.17) is 16.3 Å². The number of sulfonamides is 1. The molecule has 0 aliphatic heterocycles. The zero-order valence-corrected chi connectivity index (χ0v) is 18.9. The Balaban J connectivity index is 1.66. The van der Waals surface area contributed by atoms with E-state index in [-0.39, 0.29) is 32.7 Å². The Bertz CT molecular complexity index is 1380. The number of non-ortho nitro benzene ring substituents is 1. The molecule has 3 rings (SSSR count). The SMILES string of the molecule is O=C(COc1ccc(S(=O)(=O)Nc2cccc(C(F)(F)F)c2)cc1Cl)Nc1cccc([N+](=O)[O-])c1. The van der Waals surface area contributed by atoms with E-state index in [9.17, 15) is 36.5 Å². The summed E-state index contributed by atoms with van der Waals surface area (Å²) in [5, 5.41) is 13.0. The highest BCUT2D eigenvalue weighted by atomic mass is 35.5. The fraction of sp³-hybridized carbons (Fsp3) is 0.0952. The first-order valence-electron chi connectivity index (χ1n) is 9.52. The van der Waals surface area contributed by atoms with Crippen LogP contribution in [0.15, 0.2) is 71.6 Å². The van der Waals surface area contributed by atoms with Gasteiger partial charge in [-0.1, -0.05) is 23.7 Å². The minimum atomic E-state index is -4.65. The smallest absolute Gasteiger partial charge is 0.416 e. The number of anilines is 2. The third kappa shape index (κ3) is 6.83. The van der Waals surface area contributed by atoms with Gasteiger partial charge in [-0.05, 0) is 42.5 Å². The molecule has 0 unspecified atom stereocenters. The van der Waals surface area contributed by atoms with Crippen molar-refractivity contribution >= 4 is 44.6 Å². The molecule has 0 heterocycles. The van der Waals surface area contributed by atoms with Crippen LogP contribution in [0.5, 0.6) is 5.75 Å². The second kappa shape index (κ2) is 10.2. The number of ether oxygens (including phenoxy) is 1. The van der Waals surface area contributed by atoms with Crippen LogP contribution in [0.3, 0.4) is 0 Å². The van der Waals surface area contributed by atoms with Gasteiger partial charge in [0.05, 0.1) is 20.4 Å². The van der Waals surface area contributed by atoms with Gasteiger partial charge < -0.3 is 10.1 Å². The number of hydrogen-bond acceptors (Lipinski definition) is 6. The Labute approximate surface area is 201 Å². The topological polar surface area (TPSA) is 128 Å². The first-order chi connectivity index (χ1) is 16.3. The van der Waals surface area contributed by atoms with Crippen molar-refractivity contribution in [3.05, 3.63) is 87.4 Å². The molecule has 0 saturated heterocycles. The van der Waals surface area contributed by atoms with Gasteiger partial charge >= 0.3 is 6.18 Å². The quantitative estimate of drug-likeness (QED) is 0.309. The van der Waals surface area contributed by atoms with Crippen molar-refractivity contribution in [2.45, 2.75) is 11.1 Å². The Hall–Kier alpha value is -3.84. The van der Waals surface area contributed by atoms with Crippen LogP contribution in [0.1, 0.15) is 5.56 Å². The summed E-state index contributed by atoms with van der Waals surface area (Å²) >= 11 is 6.05. The van der Waals surface area contributed by atoms with Crippen molar-refractivity contribution < 1.29 is 36.0 Å². The predicted molar refractivity (Wildman–Crippen MR) is 121 cm³/mol. The molecule has 3 aromatic carbocycles. The predicted octanol–water partition coefficient (Wildman–Crippen LogP) is 5.09. The number of nitrogens with zero attached hydrogens (tertiary/aromatic N) is 1. The molecule has 9 nitrogen and oxygen atoms in total. The van der Waals surface area contributed by atoms with Crippen molar-refractivity contribution in [2.24, 2.45) is 0 Å². The fourth-order valence-electron chi connectivity index (χ4n) is 2.78. The van der Waals surface area contributed by atoms with Crippen LogP contribution in [0.4, 0.5) is 30.2 Å². The normalized spacial score (nSPS) is 11.5. The standard InChI is InChI=1S/C21H15ClF3N3O6S/c22-18-11-17(35(32,33)27-15-5-1-3-13(9-15)21(23,24)25)7-8-19(18)34-12-20(29)26-14-4-2-6-16(10-14)28(30)31/h1-11,27H,12H2,(H,26,29). The minimum absolute atomic E-state index is 0.0427. The van der Waals surface area contributed by atoms with E-state index in [2.05, 4.69) is 5.32 Å². The highest BCUT2D eigenvalue weighted by Crippen LogP contribution is 2.32. The van der Waals surface area contributed by atoms with Crippen LogP contribution in [-0.4, -0.2) is 25.9 Å². The third-order valence-electron chi connectivity index (χ3n) is 4.36. The molecule has 14 heteroatoms. The van der Waals surface area contributed by atoms with E-state index in [0.29, 0.717) is 6.07 Å². The van der Waals surface area contributed by atoms with Gasteiger partial charge in [0.15, 0.2) is 6.61 Å². The van der Waals surface area contributed by atoms with Gasteiger partial charge in [0.25, 0.3) is 21.6 Å². The van der Waals surface area contributed by atoms with Gasteiger partial charge in [0.2, 0.25) is 0 Å². The lowest BCUT2D eigenvalue weighted by atomic mass is 10.2. The monoisotopic (exact) mass is 529 g/mol. The molecule has 0 aromatic heterocycles. The van der Waals surface area contributed by atoms with Crippen LogP contribution in [0.2, 0.25) is 5.02 Å². The number of rotatable bonds is 8. The number of alkyl halides is 3. The summed E-state index contributed by atoms with van der Waals surface area (Å²) < 4.78 is 71.0. The Morgan fingerprint density at radius 1 is 1.03 bits per heavy atom. The van der Waals surface area contributed by atoms with E-state index >= 15 is 0 Å². The molecule has 0 radical (unpaired) electrons. The van der Waals surface area contributed by atoms with Gasteiger partial charge in [-0.2, -0.15) is 13.2 Å². The molecule has 0 atom stereocenters.